The molecule has 0 atom stereocenters. The zero-order valence-corrected chi connectivity index (χ0v) is 14.9. The Balaban J connectivity index is 1.37. The summed E-state index contributed by atoms with van der Waals surface area (Å²) in [6.45, 7) is 4.02. The van der Waals surface area contributed by atoms with Crippen molar-refractivity contribution in [1.29, 1.82) is 0 Å². The monoisotopic (exact) mass is 362 g/mol. The number of nitrogens with zero attached hydrogens (tertiary/aromatic N) is 4. The minimum Gasteiger partial charge on any atom is -0.423 e. The molecule has 2 aliphatic heterocycles. The van der Waals surface area contributed by atoms with Crippen molar-refractivity contribution >= 4 is 23.1 Å². The molecule has 2 saturated heterocycles. The molecule has 26 heavy (non-hydrogen) atoms. The van der Waals surface area contributed by atoms with Crippen molar-refractivity contribution in [2.24, 2.45) is 0 Å². The van der Waals surface area contributed by atoms with Gasteiger partial charge in [-0.15, -0.1) is 0 Å². The van der Waals surface area contributed by atoms with Crippen molar-refractivity contribution in [2.45, 2.75) is 18.9 Å². The van der Waals surface area contributed by atoms with Crippen molar-refractivity contribution in [1.82, 2.24) is 14.8 Å². The van der Waals surface area contributed by atoms with Crippen LogP contribution in [-0.4, -0.2) is 73.3 Å². The molecule has 2 aromatic rings. The van der Waals surface area contributed by atoms with Gasteiger partial charge in [0.1, 0.15) is 11.3 Å². The zero-order chi connectivity index (χ0) is 18.1. The minimum atomic E-state index is -0.331. The van der Waals surface area contributed by atoms with Gasteiger partial charge in [-0.25, -0.2) is 9.18 Å². The van der Waals surface area contributed by atoms with Gasteiger partial charge >= 0.3 is 6.03 Å². The number of morpholine rings is 1. The molecule has 0 unspecified atom stereocenters. The van der Waals surface area contributed by atoms with E-state index in [1.165, 1.54) is 12.1 Å². The largest absolute Gasteiger partial charge is 0.423 e. The number of carbonyl (C=O) groups is 1. The van der Waals surface area contributed by atoms with Crippen LogP contribution in [0.25, 0.3) is 11.1 Å². The van der Waals surface area contributed by atoms with E-state index < -0.39 is 0 Å². The number of benzene rings is 1. The Kier molecular flexibility index (Phi) is 4.67. The number of urea groups is 1. The zero-order valence-electron chi connectivity index (χ0n) is 14.9. The van der Waals surface area contributed by atoms with Gasteiger partial charge in [0.2, 0.25) is 0 Å². The van der Waals surface area contributed by atoms with Gasteiger partial charge in [0.15, 0.2) is 5.58 Å². The van der Waals surface area contributed by atoms with Gasteiger partial charge in [0.25, 0.3) is 6.01 Å². The molecule has 8 heteroatoms. The summed E-state index contributed by atoms with van der Waals surface area (Å²) >= 11 is 0. The Labute approximate surface area is 151 Å². The number of hydrogen-bond donors (Lipinski definition) is 0. The van der Waals surface area contributed by atoms with Crippen LogP contribution >= 0.6 is 0 Å². The number of halogens is 1. The first-order valence-electron chi connectivity index (χ1n) is 9.02. The molecule has 140 valence electrons. The van der Waals surface area contributed by atoms with Crippen LogP contribution in [0.2, 0.25) is 0 Å². The molecule has 0 spiro atoms. The quantitative estimate of drug-likeness (QED) is 0.821. The molecule has 2 fully saturated rings. The number of piperidine rings is 1. The van der Waals surface area contributed by atoms with E-state index in [9.17, 15) is 9.18 Å². The molecule has 1 aromatic carbocycles. The number of amides is 2. The SMILES string of the molecule is CN(C(=O)N1CCOCC1)C1CCN(c2nc3ccc(F)cc3o2)CC1. The smallest absolute Gasteiger partial charge is 0.320 e. The predicted molar refractivity (Wildman–Crippen MR) is 94.8 cm³/mol. The van der Waals surface area contributed by atoms with E-state index in [0.717, 1.165) is 25.9 Å². The highest BCUT2D eigenvalue weighted by molar-refractivity contribution is 5.75. The van der Waals surface area contributed by atoms with Crippen LogP contribution in [0.3, 0.4) is 0 Å². The normalized spacial score (nSPS) is 19.2. The number of hydrogen-bond acceptors (Lipinski definition) is 5. The average molecular weight is 362 g/mol. The molecule has 2 aliphatic rings. The molecule has 7 nitrogen and oxygen atoms in total. The predicted octanol–water partition coefficient (Wildman–Crippen LogP) is 2.32. The third-order valence-electron chi connectivity index (χ3n) is 5.21. The Morgan fingerprint density at radius 3 is 2.69 bits per heavy atom. The lowest BCUT2D eigenvalue weighted by Crippen LogP contribution is -2.52. The van der Waals surface area contributed by atoms with Crippen LogP contribution in [0, 0.1) is 5.82 Å². The maximum atomic E-state index is 13.3. The molecule has 0 aliphatic carbocycles. The second-order valence-corrected chi connectivity index (χ2v) is 6.82. The number of fused-ring (bicyclic) bond motifs is 1. The summed E-state index contributed by atoms with van der Waals surface area (Å²) in [7, 11) is 1.88. The lowest BCUT2D eigenvalue weighted by Gasteiger charge is -2.39. The van der Waals surface area contributed by atoms with Crippen molar-refractivity contribution < 1.29 is 18.3 Å². The highest BCUT2D eigenvalue weighted by Crippen LogP contribution is 2.26. The van der Waals surface area contributed by atoms with Crippen LogP contribution < -0.4 is 4.90 Å². The summed E-state index contributed by atoms with van der Waals surface area (Å²) in [4.78, 5) is 22.8. The molecule has 2 amide bonds. The summed E-state index contributed by atoms with van der Waals surface area (Å²) in [5.74, 6) is -0.331. The molecular weight excluding hydrogens is 339 g/mol. The number of aromatic nitrogens is 1. The van der Waals surface area contributed by atoms with Crippen LogP contribution in [0.4, 0.5) is 15.2 Å². The second kappa shape index (κ2) is 7.11. The first-order valence-corrected chi connectivity index (χ1v) is 9.02. The Morgan fingerprint density at radius 1 is 1.23 bits per heavy atom. The van der Waals surface area contributed by atoms with Gasteiger partial charge in [-0.3, -0.25) is 0 Å². The van der Waals surface area contributed by atoms with Crippen molar-refractivity contribution in [2.75, 3.05) is 51.3 Å². The van der Waals surface area contributed by atoms with Gasteiger partial charge in [0, 0.05) is 45.3 Å². The molecule has 0 radical (unpaired) electrons. The first kappa shape index (κ1) is 17.1. The summed E-state index contributed by atoms with van der Waals surface area (Å²) in [6, 6.07) is 5.15. The average Bonchev–Trinajstić information content (AvgIpc) is 3.11. The lowest BCUT2D eigenvalue weighted by atomic mass is 10.0. The summed E-state index contributed by atoms with van der Waals surface area (Å²) in [5.41, 5.74) is 1.12. The standard InChI is InChI=1S/C18H23FN4O3/c1-21(18(24)23-8-10-25-11-9-23)14-4-6-22(7-5-14)17-20-15-3-2-13(19)12-16(15)26-17/h2-3,12,14H,4-11H2,1H3. The van der Waals surface area contributed by atoms with Crippen LogP contribution in [0.15, 0.2) is 22.6 Å². The fourth-order valence-corrected chi connectivity index (χ4v) is 3.60. The van der Waals surface area contributed by atoms with E-state index in [0.29, 0.717) is 43.4 Å². The fourth-order valence-electron chi connectivity index (χ4n) is 3.60. The van der Waals surface area contributed by atoms with Crippen molar-refractivity contribution in [3.63, 3.8) is 0 Å². The van der Waals surface area contributed by atoms with E-state index in [1.807, 2.05) is 16.8 Å². The molecule has 3 heterocycles. The maximum Gasteiger partial charge on any atom is 0.320 e. The number of carbonyl (C=O) groups excluding carboxylic acids is 1. The fraction of sp³-hybridized carbons (Fsp3) is 0.556. The van der Waals surface area contributed by atoms with E-state index in [1.54, 1.807) is 6.07 Å². The highest BCUT2D eigenvalue weighted by atomic mass is 19.1. The second-order valence-electron chi connectivity index (χ2n) is 6.82. The molecule has 0 N–H and O–H groups in total. The first-order chi connectivity index (χ1) is 12.6. The van der Waals surface area contributed by atoms with Gasteiger partial charge < -0.3 is 23.9 Å². The third-order valence-corrected chi connectivity index (χ3v) is 5.21. The van der Waals surface area contributed by atoms with E-state index in [4.69, 9.17) is 9.15 Å². The van der Waals surface area contributed by atoms with Crippen LogP contribution in [0.5, 0.6) is 0 Å². The van der Waals surface area contributed by atoms with E-state index in [-0.39, 0.29) is 17.9 Å². The summed E-state index contributed by atoms with van der Waals surface area (Å²) < 4.78 is 24.3. The van der Waals surface area contributed by atoms with Crippen molar-refractivity contribution in [3.05, 3.63) is 24.0 Å². The number of rotatable bonds is 2. The van der Waals surface area contributed by atoms with E-state index >= 15 is 0 Å². The Hall–Kier alpha value is -2.35. The molecule has 0 saturated carbocycles. The maximum absolute atomic E-state index is 13.3. The van der Waals surface area contributed by atoms with Crippen LogP contribution in [0.1, 0.15) is 12.8 Å². The van der Waals surface area contributed by atoms with Gasteiger partial charge in [-0.2, -0.15) is 4.98 Å². The van der Waals surface area contributed by atoms with Gasteiger partial charge in [-0.1, -0.05) is 0 Å². The topological polar surface area (TPSA) is 62.1 Å². The molecular formula is C18H23FN4O3. The minimum absolute atomic E-state index is 0.0732. The van der Waals surface area contributed by atoms with E-state index in [2.05, 4.69) is 9.88 Å². The number of ether oxygens (including phenoxy) is 1. The third kappa shape index (κ3) is 3.33. The van der Waals surface area contributed by atoms with Gasteiger partial charge in [-0.05, 0) is 25.0 Å². The summed E-state index contributed by atoms with van der Waals surface area (Å²) in [5, 5.41) is 0. The Bertz CT molecular complexity index is 782. The number of oxazole rings is 1. The molecule has 1 aromatic heterocycles. The van der Waals surface area contributed by atoms with Crippen molar-refractivity contribution in [3.8, 4) is 0 Å². The number of anilines is 1. The van der Waals surface area contributed by atoms with Gasteiger partial charge in [0.05, 0.1) is 13.2 Å². The molecule has 4 rings (SSSR count). The van der Waals surface area contributed by atoms with Crippen LogP contribution in [-0.2, 0) is 4.74 Å². The summed E-state index contributed by atoms with van der Waals surface area (Å²) in [6.07, 6.45) is 1.69. The lowest BCUT2D eigenvalue weighted by molar-refractivity contribution is 0.0409. The molecule has 0 bridgehead atoms. The Morgan fingerprint density at radius 2 is 1.96 bits per heavy atom. The highest BCUT2D eigenvalue weighted by Gasteiger charge is 2.30.